The number of benzene rings is 1. The summed E-state index contributed by atoms with van der Waals surface area (Å²) < 4.78 is 6.93. The molecule has 0 aliphatic rings. The van der Waals surface area contributed by atoms with Crippen molar-refractivity contribution in [2.45, 2.75) is 39.5 Å². The predicted octanol–water partition coefficient (Wildman–Crippen LogP) is 4.19. The van der Waals surface area contributed by atoms with Crippen molar-refractivity contribution in [1.82, 2.24) is 9.55 Å². The van der Waals surface area contributed by atoms with Gasteiger partial charge in [0.25, 0.3) is 0 Å². The van der Waals surface area contributed by atoms with Gasteiger partial charge < -0.3 is 15.0 Å². The number of hydrogen-bond donors (Lipinski definition) is 1. The highest BCUT2D eigenvalue weighted by Gasteiger charge is 2.19. The predicted molar refractivity (Wildman–Crippen MR) is 92.3 cm³/mol. The largest absolute Gasteiger partial charge is 0.462 e. The van der Waals surface area contributed by atoms with Crippen LogP contribution in [0.1, 0.15) is 55.7 Å². The molecule has 0 atom stereocenters. The van der Waals surface area contributed by atoms with E-state index >= 15 is 0 Å². The molecule has 0 aliphatic heterocycles. The molecule has 0 spiro atoms. The number of imidazole rings is 1. The summed E-state index contributed by atoms with van der Waals surface area (Å²) in [4.78, 5) is 16.4. The molecule has 1 heterocycles. The van der Waals surface area contributed by atoms with Crippen LogP contribution >= 0.6 is 11.6 Å². The van der Waals surface area contributed by atoms with Gasteiger partial charge in [-0.3, -0.25) is 0 Å². The maximum absolute atomic E-state index is 11.9. The number of hydrogen-bond acceptors (Lipinski definition) is 4. The first kappa shape index (κ1) is 17.3. The third kappa shape index (κ3) is 3.50. The molecule has 2 aromatic rings. The number of nitrogen functional groups attached to an aromatic ring is 1. The van der Waals surface area contributed by atoms with Gasteiger partial charge in [-0.15, -0.1) is 0 Å². The molecule has 2 N–H and O–H groups in total. The number of carbonyl (C=O) groups is 1. The molecule has 0 bridgehead atoms. The number of esters is 1. The zero-order valence-electron chi connectivity index (χ0n) is 13.7. The Morgan fingerprint density at radius 3 is 2.65 bits per heavy atom. The van der Waals surface area contributed by atoms with Crippen LogP contribution in [0.25, 0.3) is 5.69 Å². The lowest BCUT2D eigenvalue weighted by Gasteiger charge is -2.17. The van der Waals surface area contributed by atoms with Gasteiger partial charge in [0.2, 0.25) is 0 Å². The number of nitrogens with zero attached hydrogens (tertiary/aromatic N) is 2. The number of anilines is 1. The minimum atomic E-state index is -0.471. The monoisotopic (exact) mass is 335 g/mol. The van der Waals surface area contributed by atoms with Crippen LogP contribution in [-0.4, -0.2) is 22.1 Å². The molecule has 0 saturated carbocycles. The van der Waals surface area contributed by atoms with Crippen LogP contribution in [0.15, 0.2) is 24.5 Å². The first-order valence-corrected chi connectivity index (χ1v) is 8.20. The van der Waals surface area contributed by atoms with Crippen molar-refractivity contribution in [1.29, 1.82) is 0 Å². The van der Waals surface area contributed by atoms with Gasteiger partial charge in [0.1, 0.15) is 5.82 Å². The maximum Gasteiger partial charge on any atom is 0.339 e. The minimum absolute atomic E-state index is 0.277. The van der Waals surface area contributed by atoms with Gasteiger partial charge in [0.15, 0.2) is 0 Å². The van der Waals surface area contributed by atoms with Crippen LogP contribution in [0, 0.1) is 0 Å². The fourth-order valence-corrected chi connectivity index (χ4v) is 2.86. The van der Waals surface area contributed by atoms with E-state index in [1.807, 2.05) is 10.8 Å². The van der Waals surface area contributed by atoms with Crippen molar-refractivity contribution in [3.63, 3.8) is 0 Å². The second-order valence-electron chi connectivity index (χ2n) is 5.28. The van der Waals surface area contributed by atoms with Gasteiger partial charge in [0.05, 0.1) is 28.6 Å². The highest BCUT2D eigenvalue weighted by Crippen LogP contribution is 2.30. The van der Waals surface area contributed by atoms with Gasteiger partial charge in [-0.25, -0.2) is 9.78 Å². The van der Waals surface area contributed by atoms with Crippen molar-refractivity contribution < 1.29 is 9.53 Å². The Labute approximate surface area is 141 Å². The third-order valence-electron chi connectivity index (χ3n) is 3.89. The fraction of sp³-hybridized carbons (Fsp3) is 0.412. The number of ether oxygens (including phenoxy) is 1. The minimum Gasteiger partial charge on any atom is -0.462 e. The number of nitrogens with two attached hydrogens (primary N) is 1. The van der Waals surface area contributed by atoms with E-state index in [1.165, 1.54) is 0 Å². The molecule has 1 aromatic heterocycles. The van der Waals surface area contributed by atoms with Gasteiger partial charge in [-0.2, -0.15) is 0 Å². The van der Waals surface area contributed by atoms with E-state index in [4.69, 9.17) is 22.1 Å². The molecule has 23 heavy (non-hydrogen) atoms. The molecule has 0 fully saturated rings. The zero-order valence-corrected chi connectivity index (χ0v) is 14.4. The number of aromatic nitrogens is 2. The Morgan fingerprint density at radius 2 is 2.04 bits per heavy atom. The van der Waals surface area contributed by atoms with E-state index in [1.54, 1.807) is 25.3 Å². The summed E-state index contributed by atoms with van der Waals surface area (Å²) in [5.41, 5.74) is 7.61. The molecule has 0 radical (unpaired) electrons. The second kappa shape index (κ2) is 7.51. The summed E-state index contributed by atoms with van der Waals surface area (Å²) >= 11 is 6.26. The summed E-state index contributed by atoms with van der Waals surface area (Å²) in [5.74, 6) is 0.816. The van der Waals surface area contributed by atoms with Crippen LogP contribution in [0.4, 0.5) is 5.69 Å². The number of rotatable bonds is 6. The smallest absolute Gasteiger partial charge is 0.339 e. The van der Waals surface area contributed by atoms with Crippen molar-refractivity contribution >= 4 is 23.3 Å². The Kier molecular flexibility index (Phi) is 5.66. The lowest BCUT2D eigenvalue weighted by molar-refractivity contribution is 0.0526. The first-order valence-electron chi connectivity index (χ1n) is 7.83. The number of carbonyl (C=O) groups excluding carboxylic acids is 1. The fourth-order valence-electron chi connectivity index (χ4n) is 2.63. The molecule has 6 heteroatoms. The summed E-state index contributed by atoms with van der Waals surface area (Å²) in [6.45, 7) is 6.30. The Hall–Kier alpha value is -2.01. The molecular weight excluding hydrogens is 314 g/mol. The van der Waals surface area contributed by atoms with Crippen LogP contribution in [0.5, 0.6) is 0 Å². The van der Waals surface area contributed by atoms with Gasteiger partial charge in [-0.1, -0.05) is 25.4 Å². The molecule has 0 amide bonds. The van der Waals surface area contributed by atoms with Crippen molar-refractivity contribution in [3.05, 3.63) is 40.9 Å². The quantitative estimate of drug-likeness (QED) is 0.634. The molecule has 1 aromatic carbocycles. The summed E-state index contributed by atoms with van der Waals surface area (Å²) in [6.07, 6.45) is 5.59. The third-order valence-corrected chi connectivity index (χ3v) is 4.20. The normalized spacial score (nSPS) is 11.0. The second-order valence-corrected chi connectivity index (χ2v) is 5.69. The lowest BCUT2D eigenvalue weighted by atomic mass is 10.0. The average Bonchev–Trinajstić information content (AvgIpc) is 3.00. The SMILES string of the molecule is CCOC(=O)c1cc(N)c(-n2ccnc2C(CC)CC)cc1Cl. The Morgan fingerprint density at radius 1 is 1.35 bits per heavy atom. The van der Waals surface area contributed by atoms with Crippen LogP contribution in [0.2, 0.25) is 5.02 Å². The molecular formula is C17H22ClN3O2. The van der Waals surface area contributed by atoms with Gasteiger partial charge in [0, 0.05) is 18.3 Å². The molecule has 2 rings (SSSR count). The zero-order chi connectivity index (χ0) is 17.0. The number of halogens is 1. The van der Waals surface area contributed by atoms with Crippen LogP contribution < -0.4 is 5.73 Å². The molecule has 0 saturated heterocycles. The Bertz CT molecular complexity index is 693. The van der Waals surface area contributed by atoms with Crippen LogP contribution in [-0.2, 0) is 4.74 Å². The standard InChI is InChI=1S/C17H22ClN3O2/c1-4-11(5-2)16-20-7-8-21(16)15-10-13(18)12(9-14(15)19)17(22)23-6-3/h7-11H,4-6,19H2,1-3H3. The summed E-state index contributed by atoms with van der Waals surface area (Å²) in [6, 6.07) is 3.25. The molecule has 5 nitrogen and oxygen atoms in total. The van der Waals surface area contributed by atoms with E-state index in [2.05, 4.69) is 18.8 Å². The van der Waals surface area contributed by atoms with Crippen molar-refractivity contribution in [2.24, 2.45) is 0 Å². The van der Waals surface area contributed by atoms with E-state index in [0.29, 0.717) is 16.6 Å². The molecule has 0 aliphatic carbocycles. The van der Waals surface area contributed by atoms with E-state index in [9.17, 15) is 4.79 Å². The Balaban J connectivity index is 2.48. The highest BCUT2D eigenvalue weighted by molar-refractivity contribution is 6.34. The summed E-state index contributed by atoms with van der Waals surface area (Å²) in [7, 11) is 0. The molecule has 124 valence electrons. The van der Waals surface area contributed by atoms with Crippen molar-refractivity contribution in [3.8, 4) is 5.69 Å². The molecule has 0 unspecified atom stereocenters. The maximum atomic E-state index is 11.9. The van der Waals surface area contributed by atoms with Crippen LogP contribution in [0.3, 0.4) is 0 Å². The summed E-state index contributed by atoms with van der Waals surface area (Å²) in [5, 5.41) is 0.317. The average molecular weight is 336 g/mol. The van der Waals surface area contributed by atoms with E-state index in [0.717, 1.165) is 24.4 Å². The lowest BCUT2D eigenvalue weighted by Crippen LogP contribution is -2.11. The van der Waals surface area contributed by atoms with E-state index < -0.39 is 5.97 Å². The topological polar surface area (TPSA) is 70.1 Å². The van der Waals surface area contributed by atoms with E-state index in [-0.39, 0.29) is 12.2 Å². The highest BCUT2D eigenvalue weighted by atomic mass is 35.5. The van der Waals surface area contributed by atoms with Gasteiger partial charge >= 0.3 is 5.97 Å². The first-order chi connectivity index (χ1) is 11.0. The van der Waals surface area contributed by atoms with Crippen molar-refractivity contribution in [2.75, 3.05) is 12.3 Å². The van der Waals surface area contributed by atoms with Gasteiger partial charge in [-0.05, 0) is 31.9 Å².